The predicted molar refractivity (Wildman–Crippen MR) is 111 cm³/mol. The molecule has 2 fully saturated rings. The predicted octanol–water partition coefficient (Wildman–Crippen LogP) is 2.47. The molecular weight excluding hydrogens is 424 g/mol. The molecule has 2 aromatic carbocycles. The van der Waals surface area contributed by atoms with Crippen LogP contribution in [0.15, 0.2) is 46.2 Å². The monoisotopic (exact) mass is 446 g/mol. The van der Waals surface area contributed by atoms with Crippen molar-refractivity contribution in [2.24, 2.45) is 0 Å². The number of carbonyl (C=O) groups excluding carboxylic acids is 1. The van der Waals surface area contributed by atoms with Crippen molar-refractivity contribution < 1.29 is 21.6 Å². The Balaban J connectivity index is 1.54. The molecule has 158 valence electrons. The Bertz CT molecular complexity index is 1160. The molecule has 0 atom stereocenters. The first-order valence-corrected chi connectivity index (χ1v) is 13.0. The third-order valence-corrected chi connectivity index (χ3v) is 9.96. The van der Waals surface area contributed by atoms with Crippen LogP contribution in [0.25, 0.3) is 11.1 Å². The van der Waals surface area contributed by atoms with Gasteiger partial charge in [-0.05, 0) is 61.1 Å². The highest BCUT2D eigenvalue weighted by atomic mass is 32.2. The molecule has 3 aliphatic rings. The highest BCUT2D eigenvalue weighted by Gasteiger charge is 2.34. The number of benzene rings is 2. The lowest BCUT2D eigenvalue weighted by atomic mass is 10.1. The molecule has 0 saturated carbocycles. The maximum absolute atomic E-state index is 13.1. The molecule has 0 amide bonds. The second-order valence-electron chi connectivity index (χ2n) is 7.97. The number of hydrogen-bond donors (Lipinski definition) is 0. The van der Waals surface area contributed by atoms with Crippen molar-refractivity contribution in [3.63, 3.8) is 0 Å². The Labute approximate surface area is 176 Å². The standard InChI is InChI=1S/C21H22N2O5S2/c24-21-19-13-15(29(25,26)22-9-1-2-10-22)5-7-17(19)18-8-6-16(14-20(18)21)30(27,28)23-11-3-4-12-23/h5-8,13-14H,1-4,9-12H2. The van der Waals surface area contributed by atoms with Gasteiger partial charge >= 0.3 is 0 Å². The Morgan fingerprint density at radius 3 is 1.30 bits per heavy atom. The lowest BCUT2D eigenvalue weighted by molar-refractivity contribution is 0.104. The third kappa shape index (κ3) is 2.95. The maximum Gasteiger partial charge on any atom is 0.243 e. The molecule has 9 heteroatoms. The number of sulfonamides is 2. The zero-order chi connectivity index (χ0) is 21.1. The fourth-order valence-electron chi connectivity index (χ4n) is 4.51. The topological polar surface area (TPSA) is 91.8 Å². The van der Waals surface area contributed by atoms with E-state index in [1.54, 1.807) is 12.1 Å². The highest BCUT2D eigenvalue weighted by molar-refractivity contribution is 7.89. The Morgan fingerprint density at radius 1 is 0.567 bits per heavy atom. The molecule has 2 aromatic rings. The van der Waals surface area contributed by atoms with Crippen molar-refractivity contribution in [2.45, 2.75) is 35.5 Å². The summed E-state index contributed by atoms with van der Waals surface area (Å²) in [6.45, 7) is 1.97. The van der Waals surface area contributed by atoms with Crippen LogP contribution in [0, 0.1) is 0 Å². The van der Waals surface area contributed by atoms with Crippen LogP contribution in [0.5, 0.6) is 0 Å². The number of fused-ring (bicyclic) bond motifs is 3. The van der Waals surface area contributed by atoms with Gasteiger partial charge in [0, 0.05) is 37.3 Å². The molecule has 5 rings (SSSR count). The van der Waals surface area contributed by atoms with Crippen molar-refractivity contribution in [1.29, 1.82) is 0 Å². The second-order valence-corrected chi connectivity index (χ2v) is 11.8. The number of hydrogen-bond acceptors (Lipinski definition) is 5. The molecule has 7 nitrogen and oxygen atoms in total. The minimum atomic E-state index is -3.63. The number of ketones is 1. The van der Waals surface area contributed by atoms with Gasteiger partial charge < -0.3 is 0 Å². The van der Waals surface area contributed by atoms with Gasteiger partial charge in [0.2, 0.25) is 20.0 Å². The molecule has 0 N–H and O–H groups in total. The molecule has 1 aliphatic carbocycles. The number of rotatable bonds is 4. The average Bonchev–Trinajstić information content (AvgIpc) is 3.50. The van der Waals surface area contributed by atoms with E-state index in [2.05, 4.69) is 0 Å². The maximum atomic E-state index is 13.1. The van der Waals surface area contributed by atoms with Gasteiger partial charge in [0.15, 0.2) is 5.78 Å². The lowest BCUT2D eigenvalue weighted by Crippen LogP contribution is -2.28. The minimum absolute atomic E-state index is 0.106. The molecule has 0 bridgehead atoms. The van der Waals surface area contributed by atoms with Crippen molar-refractivity contribution in [3.8, 4) is 11.1 Å². The van der Waals surface area contributed by atoms with Crippen LogP contribution in [0.1, 0.15) is 41.6 Å². The SMILES string of the molecule is O=C1c2cc(S(=O)(=O)N3CCCC3)ccc2-c2ccc(S(=O)(=O)N3CCCC3)cc21. The summed E-state index contributed by atoms with van der Waals surface area (Å²) >= 11 is 0. The Morgan fingerprint density at radius 2 is 0.933 bits per heavy atom. The second kappa shape index (κ2) is 6.98. The average molecular weight is 447 g/mol. The first-order valence-electron chi connectivity index (χ1n) is 10.1. The number of nitrogens with zero attached hydrogens (tertiary/aromatic N) is 2. The first kappa shape index (κ1) is 19.9. The van der Waals surface area contributed by atoms with Gasteiger partial charge in [0.05, 0.1) is 9.79 Å². The van der Waals surface area contributed by atoms with Gasteiger partial charge in [0.1, 0.15) is 0 Å². The zero-order valence-corrected chi connectivity index (χ0v) is 18.0. The van der Waals surface area contributed by atoms with Gasteiger partial charge in [0.25, 0.3) is 0 Å². The summed E-state index contributed by atoms with van der Waals surface area (Å²) in [6, 6.07) is 9.22. The van der Waals surface area contributed by atoms with Crippen LogP contribution >= 0.6 is 0 Å². The summed E-state index contributed by atoms with van der Waals surface area (Å²) in [5.41, 5.74) is 1.89. The van der Waals surface area contributed by atoms with Gasteiger partial charge in [-0.15, -0.1) is 0 Å². The van der Waals surface area contributed by atoms with Crippen molar-refractivity contribution >= 4 is 25.8 Å². The summed E-state index contributed by atoms with van der Waals surface area (Å²) < 4.78 is 54.4. The number of carbonyl (C=O) groups is 1. The molecule has 30 heavy (non-hydrogen) atoms. The van der Waals surface area contributed by atoms with E-state index in [9.17, 15) is 21.6 Å². The van der Waals surface area contributed by atoms with Crippen LogP contribution in [0.3, 0.4) is 0 Å². The fraction of sp³-hybridized carbons (Fsp3) is 0.381. The Kier molecular flexibility index (Phi) is 4.62. The fourth-order valence-corrected chi connectivity index (χ4v) is 7.60. The summed E-state index contributed by atoms with van der Waals surface area (Å²) in [7, 11) is -7.27. The Hall–Kier alpha value is -2.07. The summed E-state index contributed by atoms with van der Waals surface area (Å²) in [6.07, 6.45) is 3.34. The van der Waals surface area contributed by atoms with E-state index in [-0.39, 0.29) is 15.6 Å². The quantitative estimate of drug-likeness (QED) is 0.614. The molecule has 0 aromatic heterocycles. The lowest BCUT2D eigenvalue weighted by Gasteiger charge is -2.16. The normalized spacial score (nSPS) is 19.9. The molecule has 0 unspecified atom stereocenters. The van der Waals surface area contributed by atoms with Crippen LogP contribution in [0.4, 0.5) is 0 Å². The van der Waals surface area contributed by atoms with E-state index in [1.165, 1.54) is 32.9 Å². The molecule has 0 radical (unpaired) electrons. The van der Waals surface area contributed by atoms with E-state index in [1.807, 2.05) is 0 Å². The van der Waals surface area contributed by atoms with E-state index in [0.717, 1.165) is 25.7 Å². The van der Waals surface area contributed by atoms with Crippen LogP contribution in [-0.4, -0.2) is 57.4 Å². The third-order valence-electron chi connectivity index (χ3n) is 6.17. The van der Waals surface area contributed by atoms with Gasteiger partial charge in [-0.1, -0.05) is 12.1 Å². The van der Waals surface area contributed by atoms with Crippen molar-refractivity contribution in [2.75, 3.05) is 26.2 Å². The van der Waals surface area contributed by atoms with Crippen molar-refractivity contribution in [3.05, 3.63) is 47.5 Å². The van der Waals surface area contributed by atoms with Crippen LogP contribution < -0.4 is 0 Å². The smallest absolute Gasteiger partial charge is 0.243 e. The van der Waals surface area contributed by atoms with E-state index >= 15 is 0 Å². The van der Waals surface area contributed by atoms with Gasteiger partial charge in [-0.3, -0.25) is 4.79 Å². The summed E-state index contributed by atoms with van der Waals surface area (Å²) in [4.78, 5) is 13.3. The van der Waals surface area contributed by atoms with Gasteiger partial charge in [-0.2, -0.15) is 8.61 Å². The zero-order valence-electron chi connectivity index (χ0n) is 16.4. The first-order chi connectivity index (χ1) is 14.3. The van der Waals surface area contributed by atoms with E-state index in [4.69, 9.17) is 0 Å². The summed E-state index contributed by atoms with van der Waals surface area (Å²) in [5.74, 6) is -0.336. The molecule has 2 heterocycles. The highest BCUT2D eigenvalue weighted by Crippen LogP contribution is 2.39. The van der Waals surface area contributed by atoms with E-state index < -0.39 is 20.0 Å². The largest absolute Gasteiger partial charge is 0.289 e. The molecular formula is C21H22N2O5S2. The molecule has 0 spiro atoms. The molecule has 2 saturated heterocycles. The van der Waals surface area contributed by atoms with Gasteiger partial charge in [-0.25, -0.2) is 16.8 Å². The summed E-state index contributed by atoms with van der Waals surface area (Å²) in [5, 5.41) is 0. The minimum Gasteiger partial charge on any atom is -0.289 e. The van der Waals surface area contributed by atoms with Crippen LogP contribution in [0.2, 0.25) is 0 Å². The van der Waals surface area contributed by atoms with E-state index in [0.29, 0.717) is 48.4 Å². The van der Waals surface area contributed by atoms with Crippen molar-refractivity contribution in [1.82, 2.24) is 8.61 Å². The molecule has 2 aliphatic heterocycles. The van der Waals surface area contributed by atoms with Crippen LogP contribution in [-0.2, 0) is 20.0 Å².